The molecule has 2 aromatic carbocycles. The van der Waals surface area contributed by atoms with Crippen molar-refractivity contribution in [3.05, 3.63) is 65.7 Å². The Morgan fingerprint density at radius 1 is 1.10 bits per heavy atom. The van der Waals surface area contributed by atoms with Crippen molar-refractivity contribution in [2.24, 2.45) is 4.99 Å². The van der Waals surface area contributed by atoms with Crippen LogP contribution < -0.4 is 10.1 Å². The van der Waals surface area contributed by atoms with Crippen LogP contribution in [0.3, 0.4) is 0 Å². The van der Waals surface area contributed by atoms with Crippen molar-refractivity contribution >= 4 is 29.9 Å². The molecule has 0 bridgehead atoms. The lowest BCUT2D eigenvalue weighted by Crippen LogP contribution is -2.40. The highest BCUT2D eigenvalue weighted by Gasteiger charge is 2.11. The van der Waals surface area contributed by atoms with E-state index in [4.69, 9.17) is 9.47 Å². The van der Waals surface area contributed by atoms with Crippen molar-refractivity contribution in [2.75, 3.05) is 53.6 Å². The van der Waals surface area contributed by atoms with Crippen molar-refractivity contribution in [3.8, 4) is 5.75 Å². The lowest BCUT2D eigenvalue weighted by Gasteiger charge is -2.26. The van der Waals surface area contributed by atoms with Crippen molar-refractivity contribution in [2.45, 2.75) is 13.1 Å². The molecule has 2 aromatic rings. The molecular weight excluding hydrogens is 491 g/mol. The molecule has 1 N–H and O–H groups in total. The molecule has 3 rings (SSSR count). The smallest absolute Gasteiger partial charge is 0.193 e. The maximum absolute atomic E-state index is 5.78. The van der Waals surface area contributed by atoms with Crippen LogP contribution in [0.25, 0.3) is 0 Å². The Labute approximate surface area is 197 Å². The summed E-state index contributed by atoms with van der Waals surface area (Å²) in [7, 11) is 3.84. The summed E-state index contributed by atoms with van der Waals surface area (Å²) >= 11 is 0. The van der Waals surface area contributed by atoms with Gasteiger partial charge >= 0.3 is 0 Å². The minimum atomic E-state index is 0. The summed E-state index contributed by atoms with van der Waals surface area (Å²) in [5.41, 5.74) is 2.59. The molecule has 1 heterocycles. The van der Waals surface area contributed by atoms with Crippen molar-refractivity contribution in [1.29, 1.82) is 0 Å². The van der Waals surface area contributed by atoms with Crippen LogP contribution in [-0.2, 0) is 17.8 Å². The van der Waals surface area contributed by atoms with Crippen molar-refractivity contribution in [1.82, 2.24) is 15.1 Å². The van der Waals surface area contributed by atoms with Gasteiger partial charge in [0.15, 0.2) is 5.96 Å². The van der Waals surface area contributed by atoms with Gasteiger partial charge in [-0.05, 0) is 23.3 Å². The molecule has 0 radical (unpaired) electrons. The molecule has 1 aliphatic heterocycles. The topological polar surface area (TPSA) is 49.3 Å². The Morgan fingerprint density at radius 3 is 2.57 bits per heavy atom. The van der Waals surface area contributed by atoms with Crippen LogP contribution in [-0.4, -0.2) is 69.3 Å². The van der Waals surface area contributed by atoms with E-state index in [0.717, 1.165) is 57.6 Å². The van der Waals surface area contributed by atoms with Crippen LogP contribution in [0, 0.1) is 0 Å². The quantitative estimate of drug-likeness (QED) is 0.327. The molecule has 30 heavy (non-hydrogen) atoms. The van der Waals surface area contributed by atoms with E-state index in [1.54, 1.807) is 0 Å². The van der Waals surface area contributed by atoms with Crippen LogP contribution >= 0.6 is 24.0 Å². The number of likely N-dealkylation sites (N-methyl/N-ethyl adjacent to an activating group) is 1. The second-order valence-electron chi connectivity index (χ2n) is 7.19. The van der Waals surface area contributed by atoms with Crippen molar-refractivity contribution in [3.63, 3.8) is 0 Å². The number of rotatable bonds is 8. The molecule has 0 spiro atoms. The van der Waals surface area contributed by atoms with E-state index in [2.05, 4.69) is 44.4 Å². The molecule has 1 aliphatic rings. The fraction of sp³-hybridized carbons (Fsp3) is 0.435. The molecule has 0 unspecified atom stereocenters. The van der Waals surface area contributed by atoms with E-state index < -0.39 is 0 Å². The zero-order valence-corrected chi connectivity index (χ0v) is 20.2. The fourth-order valence-electron chi connectivity index (χ4n) is 3.34. The second kappa shape index (κ2) is 13.5. The molecular formula is C23H33IN4O2. The molecule has 1 saturated heterocycles. The summed E-state index contributed by atoms with van der Waals surface area (Å²) < 4.78 is 11.2. The van der Waals surface area contributed by atoms with E-state index in [9.17, 15) is 0 Å². The monoisotopic (exact) mass is 524 g/mol. The van der Waals surface area contributed by atoms with E-state index >= 15 is 0 Å². The van der Waals surface area contributed by atoms with Gasteiger partial charge in [-0.25, -0.2) is 0 Å². The Bertz CT molecular complexity index is 767. The van der Waals surface area contributed by atoms with Gasteiger partial charge in [0.2, 0.25) is 0 Å². The maximum atomic E-state index is 5.78. The number of benzene rings is 2. The normalized spacial score (nSPS) is 14.7. The first kappa shape index (κ1) is 24.4. The SMILES string of the molecule is CN=C(NCc1cccc(CN2CCOCC2)c1)N(C)CCOc1ccccc1.I. The molecule has 7 heteroatoms. The van der Waals surface area contributed by atoms with Gasteiger partial charge in [-0.3, -0.25) is 9.89 Å². The number of aliphatic imine (C=N–C) groups is 1. The highest BCUT2D eigenvalue weighted by Crippen LogP contribution is 2.10. The number of hydrogen-bond acceptors (Lipinski definition) is 4. The highest BCUT2D eigenvalue weighted by atomic mass is 127. The number of guanidine groups is 1. The Hall–Kier alpha value is -1.84. The predicted octanol–water partition coefficient (Wildman–Crippen LogP) is 3.22. The number of ether oxygens (including phenoxy) is 2. The third kappa shape index (κ3) is 8.12. The third-order valence-electron chi connectivity index (χ3n) is 4.96. The summed E-state index contributed by atoms with van der Waals surface area (Å²) in [5, 5.41) is 3.45. The van der Waals surface area contributed by atoms with Gasteiger partial charge in [-0.15, -0.1) is 24.0 Å². The molecule has 1 fully saturated rings. The zero-order chi connectivity index (χ0) is 20.3. The first-order valence-electron chi connectivity index (χ1n) is 10.2. The van der Waals surface area contributed by atoms with E-state index in [1.165, 1.54) is 11.1 Å². The van der Waals surface area contributed by atoms with Gasteiger partial charge in [0, 0.05) is 40.3 Å². The van der Waals surface area contributed by atoms with Gasteiger partial charge in [0.25, 0.3) is 0 Å². The van der Waals surface area contributed by atoms with Gasteiger partial charge in [-0.2, -0.15) is 0 Å². The Kier molecular flexibility index (Phi) is 11.0. The van der Waals surface area contributed by atoms with Crippen LogP contribution in [0.2, 0.25) is 0 Å². The average Bonchev–Trinajstić information content (AvgIpc) is 2.76. The maximum Gasteiger partial charge on any atom is 0.193 e. The summed E-state index contributed by atoms with van der Waals surface area (Å²) in [6.45, 7) is 6.75. The van der Waals surface area contributed by atoms with Crippen LogP contribution in [0.5, 0.6) is 5.75 Å². The highest BCUT2D eigenvalue weighted by molar-refractivity contribution is 14.0. The third-order valence-corrected chi connectivity index (χ3v) is 4.96. The van der Waals surface area contributed by atoms with Gasteiger partial charge in [0.1, 0.15) is 12.4 Å². The van der Waals surface area contributed by atoms with E-state index in [-0.39, 0.29) is 24.0 Å². The molecule has 0 saturated carbocycles. The summed E-state index contributed by atoms with van der Waals surface area (Å²) in [6.07, 6.45) is 0. The lowest BCUT2D eigenvalue weighted by molar-refractivity contribution is 0.0342. The number of hydrogen-bond donors (Lipinski definition) is 1. The molecule has 0 aromatic heterocycles. The van der Waals surface area contributed by atoms with Crippen LogP contribution in [0.4, 0.5) is 0 Å². The number of para-hydroxylation sites is 1. The summed E-state index contributed by atoms with van der Waals surface area (Å²) in [6, 6.07) is 18.6. The van der Waals surface area contributed by atoms with Gasteiger partial charge in [-0.1, -0.05) is 42.5 Å². The molecule has 164 valence electrons. The second-order valence-corrected chi connectivity index (χ2v) is 7.19. The van der Waals surface area contributed by atoms with Crippen LogP contribution in [0.15, 0.2) is 59.6 Å². The minimum absolute atomic E-state index is 0. The van der Waals surface area contributed by atoms with Crippen molar-refractivity contribution < 1.29 is 9.47 Å². The number of nitrogens with zero attached hydrogens (tertiary/aromatic N) is 3. The molecule has 0 atom stereocenters. The number of halogens is 1. The van der Waals surface area contributed by atoms with E-state index in [0.29, 0.717) is 6.61 Å². The Balaban J connectivity index is 0.00000320. The standard InChI is InChI=1S/C23H32N4O2.HI/c1-24-23(26(2)11-16-29-22-9-4-3-5-10-22)25-18-20-7-6-8-21(17-20)19-27-12-14-28-15-13-27;/h3-10,17H,11-16,18-19H2,1-2H3,(H,24,25);1H. The summed E-state index contributed by atoms with van der Waals surface area (Å²) in [5.74, 6) is 1.75. The van der Waals surface area contributed by atoms with Crippen LogP contribution in [0.1, 0.15) is 11.1 Å². The molecule has 6 nitrogen and oxygen atoms in total. The first-order chi connectivity index (χ1) is 14.2. The Morgan fingerprint density at radius 2 is 1.83 bits per heavy atom. The van der Waals surface area contributed by atoms with Gasteiger partial charge in [0.05, 0.1) is 19.8 Å². The largest absolute Gasteiger partial charge is 0.492 e. The molecule has 0 aliphatic carbocycles. The number of morpholine rings is 1. The first-order valence-corrected chi connectivity index (χ1v) is 10.2. The fourth-order valence-corrected chi connectivity index (χ4v) is 3.34. The molecule has 0 amide bonds. The van der Waals surface area contributed by atoms with E-state index in [1.807, 2.05) is 44.4 Å². The predicted molar refractivity (Wildman–Crippen MR) is 133 cm³/mol. The zero-order valence-electron chi connectivity index (χ0n) is 17.9. The van der Waals surface area contributed by atoms with Gasteiger partial charge < -0.3 is 19.7 Å². The summed E-state index contributed by atoms with van der Waals surface area (Å²) in [4.78, 5) is 8.92. The lowest BCUT2D eigenvalue weighted by atomic mass is 10.1. The average molecular weight is 524 g/mol. The minimum Gasteiger partial charge on any atom is -0.492 e. The number of nitrogens with one attached hydrogen (secondary N) is 1.